The van der Waals surface area contributed by atoms with Crippen LogP contribution in [-0.4, -0.2) is 16.1 Å². The lowest BCUT2D eigenvalue weighted by Gasteiger charge is -2.28. The summed E-state index contributed by atoms with van der Waals surface area (Å²) < 4.78 is 5.86. The zero-order chi connectivity index (χ0) is 12.3. The highest BCUT2D eigenvalue weighted by molar-refractivity contribution is 5.41. The monoisotopic (exact) mass is 237 g/mol. The van der Waals surface area contributed by atoms with Gasteiger partial charge in [0.2, 0.25) is 11.8 Å². The molecule has 0 aliphatic heterocycles. The van der Waals surface area contributed by atoms with E-state index in [4.69, 9.17) is 16.3 Å². The Morgan fingerprint density at radius 2 is 2.12 bits per heavy atom. The first-order valence-electron chi connectivity index (χ1n) is 5.97. The number of nitrogens with one attached hydrogen (secondary N) is 1. The maximum Gasteiger partial charge on any atom is 0.225 e. The molecule has 94 valence electrons. The van der Waals surface area contributed by atoms with Gasteiger partial charge in [-0.15, -0.1) is 0 Å². The largest absolute Gasteiger partial charge is 0.474 e. The van der Waals surface area contributed by atoms with Crippen molar-refractivity contribution < 1.29 is 4.74 Å². The second kappa shape index (κ2) is 5.18. The average Bonchev–Trinajstić information content (AvgIpc) is 2.31. The summed E-state index contributed by atoms with van der Waals surface area (Å²) in [5, 5.41) is 0. The van der Waals surface area contributed by atoms with Crippen molar-refractivity contribution in [1.29, 1.82) is 0 Å². The fourth-order valence-corrected chi connectivity index (χ4v) is 2.19. The Morgan fingerprint density at radius 1 is 1.35 bits per heavy atom. The van der Waals surface area contributed by atoms with Gasteiger partial charge in [0.1, 0.15) is 11.9 Å². The highest BCUT2D eigenvalue weighted by Crippen LogP contribution is 2.28. The van der Waals surface area contributed by atoms with E-state index in [1.54, 1.807) is 6.07 Å². The van der Waals surface area contributed by atoms with Crippen LogP contribution in [0, 0.1) is 5.92 Å². The van der Waals surface area contributed by atoms with E-state index >= 15 is 0 Å². The Kier molecular flexibility index (Phi) is 3.63. The summed E-state index contributed by atoms with van der Waals surface area (Å²) in [6.45, 7) is 2.20. The molecule has 17 heavy (non-hydrogen) atoms. The minimum Gasteiger partial charge on any atom is -0.474 e. The molecule has 5 N–H and O–H groups in total. The van der Waals surface area contributed by atoms with Crippen LogP contribution in [0.25, 0.3) is 0 Å². The van der Waals surface area contributed by atoms with E-state index < -0.39 is 0 Å². The number of rotatable bonds is 3. The van der Waals surface area contributed by atoms with Crippen molar-refractivity contribution in [3.05, 3.63) is 6.07 Å². The molecule has 0 aromatic carbocycles. The van der Waals surface area contributed by atoms with Gasteiger partial charge in [-0.3, -0.25) is 0 Å². The number of aromatic nitrogens is 2. The fourth-order valence-electron chi connectivity index (χ4n) is 2.19. The number of hydrogen-bond acceptors (Lipinski definition) is 6. The molecular weight excluding hydrogens is 218 g/mol. The van der Waals surface area contributed by atoms with Gasteiger partial charge in [0.25, 0.3) is 0 Å². The standard InChI is InChI=1S/C11H19N5O/c1-7-4-2-3-5-8(7)17-10-6-9(16-13)14-11(12)15-10/h6-8H,2-5,13H2,1H3,(H3,12,14,15,16). The van der Waals surface area contributed by atoms with Crippen molar-refractivity contribution in [1.82, 2.24) is 9.97 Å². The predicted octanol–water partition coefficient (Wildman–Crippen LogP) is 1.30. The molecule has 6 heteroatoms. The second-order valence-electron chi connectivity index (χ2n) is 4.51. The molecule has 6 nitrogen and oxygen atoms in total. The van der Waals surface area contributed by atoms with E-state index in [9.17, 15) is 0 Å². The van der Waals surface area contributed by atoms with Crippen LogP contribution in [0.15, 0.2) is 6.07 Å². The van der Waals surface area contributed by atoms with Crippen molar-refractivity contribution in [2.75, 3.05) is 11.2 Å². The van der Waals surface area contributed by atoms with Crippen LogP contribution in [0.1, 0.15) is 32.6 Å². The smallest absolute Gasteiger partial charge is 0.225 e. The number of nitrogen functional groups attached to an aromatic ring is 2. The van der Waals surface area contributed by atoms with Crippen LogP contribution >= 0.6 is 0 Å². The number of nitrogens with zero attached hydrogens (tertiary/aromatic N) is 2. The van der Waals surface area contributed by atoms with Crippen molar-refractivity contribution in [3.63, 3.8) is 0 Å². The number of hydrazine groups is 1. The molecule has 1 heterocycles. The first kappa shape index (κ1) is 11.9. The molecule has 1 fully saturated rings. The molecule has 1 aliphatic carbocycles. The van der Waals surface area contributed by atoms with Gasteiger partial charge in [0.15, 0.2) is 0 Å². The molecule has 2 atom stereocenters. The minimum atomic E-state index is 0.166. The zero-order valence-electron chi connectivity index (χ0n) is 10.0. The van der Waals surface area contributed by atoms with Crippen molar-refractivity contribution in [2.24, 2.45) is 11.8 Å². The number of nitrogens with two attached hydrogens (primary N) is 2. The third-order valence-corrected chi connectivity index (χ3v) is 3.17. The maximum absolute atomic E-state index is 5.86. The second-order valence-corrected chi connectivity index (χ2v) is 4.51. The van der Waals surface area contributed by atoms with Crippen LogP contribution in [-0.2, 0) is 0 Å². The highest BCUT2D eigenvalue weighted by Gasteiger charge is 2.23. The first-order valence-corrected chi connectivity index (χ1v) is 5.97. The van der Waals surface area contributed by atoms with Gasteiger partial charge in [-0.2, -0.15) is 9.97 Å². The van der Waals surface area contributed by atoms with Crippen molar-refractivity contribution in [2.45, 2.75) is 38.7 Å². The van der Waals surface area contributed by atoms with Gasteiger partial charge in [-0.05, 0) is 25.2 Å². The third kappa shape index (κ3) is 2.97. The molecule has 0 saturated heterocycles. The Hall–Kier alpha value is -1.56. The predicted molar refractivity (Wildman–Crippen MR) is 66.3 cm³/mol. The SMILES string of the molecule is CC1CCCCC1Oc1cc(NN)nc(N)n1. The molecule has 1 aromatic heterocycles. The molecule has 1 aromatic rings. The summed E-state index contributed by atoms with van der Waals surface area (Å²) in [6.07, 6.45) is 4.97. The van der Waals surface area contributed by atoms with Gasteiger partial charge in [0.05, 0.1) is 0 Å². The summed E-state index contributed by atoms with van der Waals surface area (Å²) in [6, 6.07) is 1.66. The van der Waals surface area contributed by atoms with Gasteiger partial charge >= 0.3 is 0 Å². The lowest BCUT2D eigenvalue weighted by Crippen LogP contribution is -2.28. The number of ether oxygens (including phenoxy) is 1. The van der Waals surface area contributed by atoms with Crippen LogP contribution in [0.4, 0.5) is 11.8 Å². The molecule has 0 spiro atoms. The normalized spacial score (nSPS) is 24.4. The topological polar surface area (TPSA) is 99.1 Å². The van der Waals surface area contributed by atoms with E-state index in [1.807, 2.05) is 0 Å². The summed E-state index contributed by atoms with van der Waals surface area (Å²) in [4.78, 5) is 7.97. The van der Waals surface area contributed by atoms with Crippen LogP contribution in [0.5, 0.6) is 5.88 Å². The molecule has 2 unspecified atom stereocenters. The lowest BCUT2D eigenvalue weighted by atomic mass is 9.88. The average molecular weight is 237 g/mol. The first-order chi connectivity index (χ1) is 8.19. The Labute approximate surface area is 101 Å². The molecular formula is C11H19N5O. The van der Waals surface area contributed by atoms with Crippen LogP contribution in [0.2, 0.25) is 0 Å². The van der Waals surface area contributed by atoms with E-state index in [-0.39, 0.29) is 12.1 Å². The number of anilines is 2. The summed E-state index contributed by atoms with van der Waals surface area (Å²) in [7, 11) is 0. The summed E-state index contributed by atoms with van der Waals surface area (Å²) in [5.41, 5.74) is 8.02. The minimum absolute atomic E-state index is 0.166. The highest BCUT2D eigenvalue weighted by atomic mass is 16.5. The van der Waals surface area contributed by atoms with Gasteiger partial charge in [-0.25, -0.2) is 5.84 Å². The van der Waals surface area contributed by atoms with Gasteiger partial charge < -0.3 is 15.9 Å². The Morgan fingerprint density at radius 3 is 2.82 bits per heavy atom. The van der Waals surface area contributed by atoms with Crippen LogP contribution < -0.4 is 21.7 Å². The van der Waals surface area contributed by atoms with Crippen LogP contribution in [0.3, 0.4) is 0 Å². The quantitative estimate of drug-likeness (QED) is 0.541. The van der Waals surface area contributed by atoms with E-state index in [0.717, 1.165) is 6.42 Å². The number of hydrogen-bond donors (Lipinski definition) is 3. The fraction of sp³-hybridized carbons (Fsp3) is 0.636. The lowest BCUT2D eigenvalue weighted by molar-refractivity contribution is 0.0977. The molecule has 0 bridgehead atoms. The Bertz CT molecular complexity index is 384. The summed E-state index contributed by atoms with van der Waals surface area (Å²) >= 11 is 0. The van der Waals surface area contributed by atoms with Gasteiger partial charge in [0, 0.05) is 6.07 Å². The summed E-state index contributed by atoms with van der Waals surface area (Å²) in [5.74, 6) is 6.97. The van der Waals surface area contributed by atoms with E-state index in [0.29, 0.717) is 17.6 Å². The third-order valence-electron chi connectivity index (χ3n) is 3.17. The Balaban J connectivity index is 2.09. The molecule has 1 saturated carbocycles. The maximum atomic E-state index is 5.86. The zero-order valence-corrected chi connectivity index (χ0v) is 10.0. The van der Waals surface area contributed by atoms with Gasteiger partial charge in [-0.1, -0.05) is 13.3 Å². The molecule has 0 amide bonds. The molecule has 2 rings (SSSR count). The van der Waals surface area contributed by atoms with Crippen molar-refractivity contribution in [3.8, 4) is 5.88 Å². The molecule has 1 aliphatic rings. The van der Waals surface area contributed by atoms with Crippen molar-refractivity contribution >= 4 is 11.8 Å². The van der Waals surface area contributed by atoms with E-state index in [1.165, 1.54) is 19.3 Å². The molecule has 0 radical (unpaired) electrons. The van der Waals surface area contributed by atoms with E-state index in [2.05, 4.69) is 22.3 Å².